The molecule has 0 fully saturated rings. The molecule has 1 unspecified atom stereocenters. The van der Waals surface area contributed by atoms with E-state index >= 15 is 0 Å². The number of aliphatic hydroxyl groups excluding tert-OH is 1. The fraction of sp³-hybridized carbons (Fsp3) is 0.839. The monoisotopic (exact) mass is 642 g/mol. The SMILES string of the molecule is CSCC[C@H](NC(=O)OCC1=NCC(C)N1C)C(=O)N[C@@H](CC(C)C)[C@@H](O)C[C@@H](C)C(=O)N[C@H](C(=O)NCC(C)C)C(C)C. The summed E-state index contributed by atoms with van der Waals surface area (Å²) in [6.45, 7) is 16.6. The first-order valence-electron chi connectivity index (χ1n) is 15.8. The minimum absolute atomic E-state index is 0.00916. The zero-order chi connectivity index (χ0) is 33.6. The molecule has 5 N–H and O–H groups in total. The second-order valence-electron chi connectivity index (χ2n) is 13.1. The van der Waals surface area contributed by atoms with Crippen LogP contribution in [0, 0.1) is 23.7 Å². The Morgan fingerprint density at radius 2 is 1.64 bits per heavy atom. The first kappa shape index (κ1) is 39.5. The van der Waals surface area contributed by atoms with Gasteiger partial charge in [-0.2, -0.15) is 11.8 Å². The molecule has 1 aliphatic heterocycles. The van der Waals surface area contributed by atoms with Crippen molar-refractivity contribution in [1.82, 2.24) is 26.2 Å². The van der Waals surface area contributed by atoms with Crippen LogP contribution in [0.1, 0.15) is 74.7 Å². The first-order chi connectivity index (χ1) is 20.6. The van der Waals surface area contributed by atoms with Crippen LogP contribution in [0.25, 0.3) is 0 Å². The lowest BCUT2D eigenvalue weighted by molar-refractivity contribution is -0.132. The standard InChI is InChI=1S/C31H58N6O6S/c1-18(2)13-24(25(38)14-21(7)28(39)36-27(20(5)6)30(41)33-15-19(3)4)34-29(40)23(11-12-44-10)35-31(42)43-17-26-32-16-22(8)37(26)9/h18-25,27,38H,11-17H2,1-10H3,(H,33,41)(H,34,40)(H,35,42)(H,36,39)/t21-,22?,23+,24+,25+,27+/m1/s1. The third-order valence-corrected chi connectivity index (χ3v) is 8.29. The average Bonchev–Trinajstić information content (AvgIpc) is 3.26. The smallest absolute Gasteiger partial charge is 0.408 e. The van der Waals surface area contributed by atoms with Crippen LogP contribution in [0.5, 0.6) is 0 Å². The Balaban J connectivity index is 2.86. The number of hydrogen-bond acceptors (Lipinski definition) is 9. The maximum Gasteiger partial charge on any atom is 0.408 e. The van der Waals surface area contributed by atoms with Crippen molar-refractivity contribution in [3.05, 3.63) is 0 Å². The van der Waals surface area contributed by atoms with Gasteiger partial charge in [-0.15, -0.1) is 0 Å². The zero-order valence-corrected chi connectivity index (χ0v) is 29.3. The predicted molar refractivity (Wildman–Crippen MR) is 177 cm³/mol. The van der Waals surface area contributed by atoms with E-state index in [2.05, 4.69) is 26.3 Å². The summed E-state index contributed by atoms with van der Waals surface area (Å²) in [5, 5.41) is 22.5. The molecule has 12 nitrogen and oxygen atoms in total. The van der Waals surface area contributed by atoms with Gasteiger partial charge in [-0.25, -0.2) is 4.79 Å². The molecule has 0 radical (unpaired) electrons. The lowest BCUT2D eigenvalue weighted by Gasteiger charge is -2.30. The minimum Gasteiger partial charge on any atom is -0.441 e. The molecule has 254 valence electrons. The van der Waals surface area contributed by atoms with Crippen LogP contribution >= 0.6 is 11.8 Å². The number of likely N-dealkylation sites (N-methyl/N-ethyl adjacent to an activating group) is 1. The molecule has 0 saturated heterocycles. The summed E-state index contributed by atoms with van der Waals surface area (Å²) >= 11 is 1.55. The number of aliphatic imine (C=N–C) groups is 1. The van der Waals surface area contributed by atoms with Gasteiger partial charge in [-0.1, -0.05) is 48.5 Å². The van der Waals surface area contributed by atoms with Gasteiger partial charge >= 0.3 is 6.09 Å². The number of thioether (sulfide) groups is 1. The van der Waals surface area contributed by atoms with Gasteiger partial charge in [0.05, 0.1) is 18.7 Å². The molecule has 0 bridgehead atoms. The van der Waals surface area contributed by atoms with Crippen LogP contribution in [0.4, 0.5) is 4.79 Å². The van der Waals surface area contributed by atoms with Crippen LogP contribution in [-0.2, 0) is 19.1 Å². The second-order valence-corrected chi connectivity index (χ2v) is 14.1. The van der Waals surface area contributed by atoms with Crippen LogP contribution < -0.4 is 21.3 Å². The molecule has 0 aliphatic carbocycles. The number of nitrogens with one attached hydrogen (secondary N) is 4. The lowest BCUT2D eigenvalue weighted by Crippen LogP contribution is -2.54. The van der Waals surface area contributed by atoms with Crippen molar-refractivity contribution in [2.45, 2.75) is 105 Å². The summed E-state index contributed by atoms with van der Waals surface area (Å²) in [6, 6.07) is -1.97. The number of aliphatic hydroxyl groups is 1. The Morgan fingerprint density at radius 3 is 2.16 bits per heavy atom. The minimum atomic E-state index is -1.03. The highest BCUT2D eigenvalue weighted by Gasteiger charge is 2.32. The quantitative estimate of drug-likeness (QED) is 0.144. The Labute approximate surface area is 268 Å². The molecule has 0 spiro atoms. The van der Waals surface area contributed by atoms with Gasteiger partial charge in [-0.3, -0.25) is 19.4 Å². The fourth-order valence-electron chi connectivity index (χ4n) is 4.67. The number of amidine groups is 1. The summed E-state index contributed by atoms with van der Waals surface area (Å²) in [6.07, 6.45) is 1.10. The molecule has 6 atom stereocenters. The van der Waals surface area contributed by atoms with Crippen molar-refractivity contribution in [2.24, 2.45) is 28.7 Å². The fourth-order valence-corrected chi connectivity index (χ4v) is 5.15. The van der Waals surface area contributed by atoms with Crippen molar-refractivity contribution in [3.63, 3.8) is 0 Å². The van der Waals surface area contributed by atoms with E-state index in [1.165, 1.54) is 0 Å². The number of ether oxygens (including phenoxy) is 1. The molecule has 1 rings (SSSR count). The number of carbonyl (C=O) groups is 4. The third kappa shape index (κ3) is 14.0. The molecular weight excluding hydrogens is 584 g/mol. The van der Waals surface area contributed by atoms with E-state index in [1.807, 2.05) is 66.7 Å². The van der Waals surface area contributed by atoms with Gasteiger partial charge in [-0.05, 0) is 55.9 Å². The molecule has 13 heteroatoms. The number of rotatable bonds is 19. The summed E-state index contributed by atoms with van der Waals surface area (Å²) < 4.78 is 5.36. The Morgan fingerprint density at radius 1 is 0.977 bits per heavy atom. The molecule has 44 heavy (non-hydrogen) atoms. The van der Waals surface area contributed by atoms with Gasteiger partial charge in [0, 0.05) is 25.6 Å². The van der Waals surface area contributed by atoms with E-state index in [9.17, 15) is 24.3 Å². The maximum atomic E-state index is 13.4. The van der Waals surface area contributed by atoms with E-state index in [-0.39, 0.29) is 48.6 Å². The number of amides is 4. The largest absolute Gasteiger partial charge is 0.441 e. The Bertz CT molecular complexity index is 962. The van der Waals surface area contributed by atoms with E-state index in [1.54, 1.807) is 18.7 Å². The van der Waals surface area contributed by atoms with Crippen LogP contribution in [0.2, 0.25) is 0 Å². The molecule has 4 amide bonds. The van der Waals surface area contributed by atoms with Crippen molar-refractivity contribution >= 4 is 41.4 Å². The highest BCUT2D eigenvalue weighted by molar-refractivity contribution is 7.98. The molecule has 1 aliphatic rings. The van der Waals surface area contributed by atoms with Crippen molar-refractivity contribution < 1.29 is 29.0 Å². The predicted octanol–water partition coefficient (Wildman–Crippen LogP) is 2.40. The lowest BCUT2D eigenvalue weighted by atomic mass is 9.91. The molecule has 0 aromatic rings. The van der Waals surface area contributed by atoms with Gasteiger partial charge < -0.3 is 36.0 Å². The first-order valence-corrected chi connectivity index (χ1v) is 17.2. The summed E-state index contributed by atoms with van der Waals surface area (Å²) in [7, 11) is 1.89. The Kier molecular flexibility index (Phi) is 17.7. The van der Waals surface area contributed by atoms with E-state index in [0.29, 0.717) is 37.5 Å². The highest BCUT2D eigenvalue weighted by atomic mass is 32.2. The van der Waals surface area contributed by atoms with Gasteiger partial charge in [0.1, 0.15) is 17.9 Å². The molecule has 1 heterocycles. The number of carbonyl (C=O) groups excluding carboxylic acids is 4. The number of hydrogen-bond donors (Lipinski definition) is 5. The zero-order valence-electron chi connectivity index (χ0n) is 28.4. The molecule has 0 aromatic heterocycles. The third-order valence-electron chi connectivity index (χ3n) is 7.65. The van der Waals surface area contributed by atoms with E-state index in [4.69, 9.17) is 4.74 Å². The molecule has 0 aromatic carbocycles. The molecular formula is C31H58N6O6S. The summed E-state index contributed by atoms with van der Waals surface area (Å²) in [5.74, 6) is -0.0187. The summed E-state index contributed by atoms with van der Waals surface area (Å²) in [4.78, 5) is 58.1. The number of nitrogens with zero attached hydrogens (tertiary/aromatic N) is 2. The molecule has 0 saturated carbocycles. The van der Waals surface area contributed by atoms with E-state index < -0.39 is 42.1 Å². The normalized spacial score (nSPS) is 18.4. The van der Waals surface area contributed by atoms with Crippen molar-refractivity contribution in [1.29, 1.82) is 0 Å². The number of alkyl carbamates (subject to hydrolysis) is 1. The van der Waals surface area contributed by atoms with Crippen LogP contribution in [0.15, 0.2) is 4.99 Å². The van der Waals surface area contributed by atoms with Gasteiger partial charge in [0.25, 0.3) is 0 Å². The van der Waals surface area contributed by atoms with Crippen LogP contribution in [0.3, 0.4) is 0 Å². The maximum absolute atomic E-state index is 13.4. The van der Waals surface area contributed by atoms with E-state index in [0.717, 1.165) is 0 Å². The average molecular weight is 643 g/mol. The second kappa shape index (κ2) is 19.8. The van der Waals surface area contributed by atoms with Gasteiger partial charge in [0.2, 0.25) is 17.7 Å². The van der Waals surface area contributed by atoms with Gasteiger partial charge in [0.15, 0.2) is 6.61 Å². The Hall–Kier alpha value is -2.54. The van der Waals surface area contributed by atoms with Crippen molar-refractivity contribution in [3.8, 4) is 0 Å². The van der Waals surface area contributed by atoms with Crippen LogP contribution in [-0.4, -0.2) is 109 Å². The van der Waals surface area contributed by atoms with Crippen molar-refractivity contribution in [2.75, 3.05) is 38.8 Å². The topological polar surface area (TPSA) is 161 Å². The highest BCUT2D eigenvalue weighted by Crippen LogP contribution is 2.17. The summed E-state index contributed by atoms with van der Waals surface area (Å²) in [5.41, 5.74) is 0.